The number of rotatable bonds is 3. The molecule has 0 saturated heterocycles. The predicted octanol–water partition coefficient (Wildman–Crippen LogP) is 2.64. The number of carbonyl (C=O) groups excluding carboxylic acids is 1. The average Bonchev–Trinajstić information content (AvgIpc) is 2.09. The third kappa shape index (κ3) is 2.40. The van der Waals surface area contributed by atoms with E-state index in [-0.39, 0.29) is 5.56 Å². The molecule has 0 N–H and O–H groups in total. The van der Waals surface area contributed by atoms with Crippen LogP contribution in [0.1, 0.15) is 17.3 Å². The monoisotopic (exact) mass is 294 g/mol. The normalized spacial score (nSPS) is 9.77. The summed E-state index contributed by atoms with van der Waals surface area (Å²) in [7, 11) is 0. The number of aldehydes is 1. The highest BCUT2D eigenvalue weighted by molar-refractivity contribution is 14.1. The summed E-state index contributed by atoms with van der Waals surface area (Å²) in [5, 5.41) is 0. The Balaban J connectivity index is 3.21. The van der Waals surface area contributed by atoms with Crippen LogP contribution in [-0.2, 0) is 0 Å². The second kappa shape index (κ2) is 4.55. The summed E-state index contributed by atoms with van der Waals surface area (Å²) >= 11 is 1.93. The Morgan fingerprint density at radius 3 is 2.85 bits per heavy atom. The van der Waals surface area contributed by atoms with Crippen molar-refractivity contribution in [1.82, 2.24) is 0 Å². The second-order valence-corrected chi connectivity index (χ2v) is 3.52. The fourth-order valence-corrected chi connectivity index (χ4v) is 1.73. The van der Waals surface area contributed by atoms with Crippen molar-refractivity contribution in [3.8, 4) is 5.75 Å². The van der Waals surface area contributed by atoms with Crippen LogP contribution in [-0.4, -0.2) is 12.9 Å². The van der Waals surface area contributed by atoms with Crippen LogP contribution >= 0.6 is 22.6 Å². The Morgan fingerprint density at radius 2 is 2.31 bits per heavy atom. The predicted molar refractivity (Wildman–Crippen MR) is 55.7 cm³/mol. The van der Waals surface area contributed by atoms with Gasteiger partial charge in [-0.05, 0) is 41.6 Å². The van der Waals surface area contributed by atoms with Gasteiger partial charge in [0.05, 0.1) is 15.7 Å². The van der Waals surface area contributed by atoms with Crippen molar-refractivity contribution in [3.63, 3.8) is 0 Å². The molecule has 0 atom stereocenters. The van der Waals surface area contributed by atoms with Gasteiger partial charge in [-0.3, -0.25) is 4.79 Å². The molecule has 0 aliphatic heterocycles. The molecular formula is C9H8FIO2. The van der Waals surface area contributed by atoms with E-state index in [0.717, 1.165) is 0 Å². The Kier molecular flexibility index (Phi) is 3.65. The minimum absolute atomic E-state index is 0.256. The molecule has 0 unspecified atom stereocenters. The molecule has 0 amide bonds. The zero-order valence-electron chi connectivity index (χ0n) is 7.01. The van der Waals surface area contributed by atoms with E-state index in [1.54, 1.807) is 0 Å². The van der Waals surface area contributed by atoms with Gasteiger partial charge in [0.25, 0.3) is 0 Å². The van der Waals surface area contributed by atoms with Gasteiger partial charge in [-0.15, -0.1) is 0 Å². The maximum absolute atomic E-state index is 12.8. The summed E-state index contributed by atoms with van der Waals surface area (Å²) in [4.78, 5) is 10.6. The lowest BCUT2D eigenvalue weighted by Crippen LogP contribution is -1.99. The summed E-state index contributed by atoms with van der Waals surface area (Å²) in [5.41, 5.74) is 0.256. The molecule has 13 heavy (non-hydrogen) atoms. The van der Waals surface area contributed by atoms with Crippen LogP contribution in [0.4, 0.5) is 4.39 Å². The first-order valence-corrected chi connectivity index (χ1v) is 4.84. The highest BCUT2D eigenvalue weighted by Crippen LogP contribution is 2.25. The average molecular weight is 294 g/mol. The fourth-order valence-electron chi connectivity index (χ4n) is 0.964. The first-order chi connectivity index (χ1) is 6.19. The molecular weight excluding hydrogens is 286 g/mol. The summed E-state index contributed by atoms with van der Waals surface area (Å²) < 4.78 is 18.6. The van der Waals surface area contributed by atoms with E-state index in [4.69, 9.17) is 4.74 Å². The van der Waals surface area contributed by atoms with Crippen molar-refractivity contribution >= 4 is 28.9 Å². The lowest BCUT2D eigenvalue weighted by molar-refractivity contribution is 0.111. The number of carbonyl (C=O) groups is 1. The Labute approximate surface area is 89.2 Å². The third-order valence-electron chi connectivity index (χ3n) is 1.45. The number of hydrogen-bond acceptors (Lipinski definition) is 2. The molecule has 0 saturated carbocycles. The van der Waals surface area contributed by atoms with Gasteiger partial charge in [-0.25, -0.2) is 4.39 Å². The highest BCUT2D eigenvalue weighted by Gasteiger charge is 2.09. The lowest BCUT2D eigenvalue weighted by Gasteiger charge is -2.07. The molecule has 70 valence electrons. The molecule has 0 aromatic heterocycles. The van der Waals surface area contributed by atoms with Gasteiger partial charge in [0.1, 0.15) is 11.6 Å². The lowest BCUT2D eigenvalue weighted by atomic mass is 10.2. The maximum Gasteiger partial charge on any atom is 0.153 e. The van der Waals surface area contributed by atoms with Crippen LogP contribution in [0.15, 0.2) is 12.1 Å². The van der Waals surface area contributed by atoms with Gasteiger partial charge in [-0.2, -0.15) is 0 Å². The smallest absolute Gasteiger partial charge is 0.153 e. The summed E-state index contributed by atoms with van der Waals surface area (Å²) in [6, 6.07) is 2.50. The van der Waals surface area contributed by atoms with Gasteiger partial charge >= 0.3 is 0 Å². The van der Waals surface area contributed by atoms with Gasteiger partial charge in [-0.1, -0.05) is 0 Å². The van der Waals surface area contributed by atoms with Crippen LogP contribution < -0.4 is 4.74 Å². The zero-order chi connectivity index (χ0) is 9.84. The fraction of sp³-hybridized carbons (Fsp3) is 0.222. The van der Waals surface area contributed by atoms with Gasteiger partial charge in [0, 0.05) is 0 Å². The van der Waals surface area contributed by atoms with Gasteiger partial charge in [0.15, 0.2) is 6.29 Å². The molecule has 0 spiro atoms. The van der Waals surface area contributed by atoms with Crippen LogP contribution in [0.3, 0.4) is 0 Å². The molecule has 0 fully saturated rings. The van der Waals surface area contributed by atoms with Crippen molar-refractivity contribution in [3.05, 3.63) is 27.1 Å². The molecule has 1 aromatic rings. The van der Waals surface area contributed by atoms with Crippen molar-refractivity contribution in [2.75, 3.05) is 6.61 Å². The van der Waals surface area contributed by atoms with E-state index >= 15 is 0 Å². The zero-order valence-corrected chi connectivity index (χ0v) is 9.17. The third-order valence-corrected chi connectivity index (χ3v) is 2.25. The molecule has 2 nitrogen and oxygen atoms in total. The summed E-state index contributed by atoms with van der Waals surface area (Å²) in [6.07, 6.45) is 0.593. The SMILES string of the molecule is CCOc1c(I)cc(F)cc1C=O. The standard InChI is InChI=1S/C9H8FIO2/c1-2-13-9-6(5-12)3-7(10)4-8(9)11/h3-5H,2H2,1H3. The first kappa shape index (κ1) is 10.4. The van der Waals surface area contributed by atoms with Crippen molar-refractivity contribution in [1.29, 1.82) is 0 Å². The van der Waals surface area contributed by atoms with Crippen molar-refractivity contribution in [2.45, 2.75) is 6.92 Å². The Hall–Kier alpha value is -0.650. The van der Waals surface area contributed by atoms with Crippen LogP contribution in [0.2, 0.25) is 0 Å². The Morgan fingerprint density at radius 1 is 1.62 bits per heavy atom. The van der Waals surface area contributed by atoms with E-state index in [1.807, 2.05) is 29.5 Å². The van der Waals surface area contributed by atoms with E-state index in [2.05, 4.69) is 0 Å². The van der Waals surface area contributed by atoms with Crippen LogP contribution in [0, 0.1) is 9.39 Å². The van der Waals surface area contributed by atoms with E-state index in [0.29, 0.717) is 22.2 Å². The molecule has 1 rings (SSSR count). The summed E-state index contributed by atoms with van der Waals surface area (Å²) in [5.74, 6) is 0.0365. The van der Waals surface area contributed by atoms with Crippen LogP contribution in [0.5, 0.6) is 5.75 Å². The number of ether oxygens (including phenoxy) is 1. The maximum atomic E-state index is 12.8. The number of halogens is 2. The minimum atomic E-state index is -0.421. The molecule has 0 bridgehead atoms. The second-order valence-electron chi connectivity index (χ2n) is 2.36. The first-order valence-electron chi connectivity index (χ1n) is 3.76. The Bertz CT molecular complexity index is 326. The van der Waals surface area contributed by atoms with Crippen molar-refractivity contribution in [2.24, 2.45) is 0 Å². The number of benzene rings is 1. The molecule has 0 aliphatic carbocycles. The van der Waals surface area contributed by atoms with Gasteiger partial charge in [0.2, 0.25) is 0 Å². The van der Waals surface area contributed by atoms with Gasteiger partial charge < -0.3 is 4.74 Å². The molecule has 0 aliphatic rings. The van der Waals surface area contributed by atoms with E-state index in [9.17, 15) is 9.18 Å². The highest BCUT2D eigenvalue weighted by atomic mass is 127. The molecule has 0 radical (unpaired) electrons. The quantitative estimate of drug-likeness (QED) is 0.633. The molecule has 1 aromatic carbocycles. The van der Waals surface area contributed by atoms with Crippen LogP contribution in [0.25, 0.3) is 0 Å². The molecule has 4 heteroatoms. The van der Waals surface area contributed by atoms with E-state index in [1.165, 1.54) is 12.1 Å². The van der Waals surface area contributed by atoms with E-state index < -0.39 is 5.82 Å². The van der Waals surface area contributed by atoms with Crippen molar-refractivity contribution < 1.29 is 13.9 Å². The topological polar surface area (TPSA) is 26.3 Å². The summed E-state index contributed by atoms with van der Waals surface area (Å²) in [6.45, 7) is 2.27. The molecule has 0 heterocycles. The largest absolute Gasteiger partial charge is 0.492 e. The minimum Gasteiger partial charge on any atom is -0.492 e. The number of hydrogen-bond donors (Lipinski definition) is 0.